The molecule has 28 heavy (non-hydrogen) atoms. The summed E-state index contributed by atoms with van der Waals surface area (Å²) in [6.07, 6.45) is -2.83. The second-order valence-corrected chi connectivity index (χ2v) is 5.33. The Morgan fingerprint density at radius 3 is 2.57 bits per heavy atom. The highest BCUT2D eigenvalue weighted by Gasteiger charge is 2.41. The fourth-order valence-electron chi connectivity index (χ4n) is 1.95. The Morgan fingerprint density at radius 2 is 2.04 bits per heavy atom. The minimum absolute atomic E-state index is 0.0229. The highest BCUT2D eigenvalue weighted by Crippen LogP contribution is 2.28. The first-order chi connectivity index (χ1) is 13.1. The fourth-order valence-corrected chi connectivity index (χ4v) is 1.95. The second-order valence-electron chi connectivity index (χ2n) is 5.33. The van der Waals surface area contributed by atoms with Gasteiger partial charge in [0.15, 0.2) is 12.4 Å². The molecule has 150 valence electrons. The van der Waals surface area contributed by atoms with Crippen molar-refractivity contribution in [2.24, 2.45) is 0 Å². The van der Waals surface area contributed by atoms with Crippen LogP contribution in [0.15, 0.2) is 36.5 Å². The third-order valence-electron chi connectivity index (χ3n) is 3.36. The molecular weight excluding hydrogens is 390 g/mol. The third-order valence-corrected chi connectivity index (χ3v) is 3.36. The zero-order valence-electron chi connectivity index (χ0n) is 14.2. The minimum Gasteiger partial charge on any atom is -0.490 e. The van der Waals surface area contributed by atoms with Crippen LogP contribution in [-0.2, 0) is 0 Å². The Labute approximate surface area is 155 Å². The molecule has 0 atom stereocenters. The van der Waals surface area contributed by atoms with E-state index < -0.39 is 35.5 Å². The lowest BCUT2D eigenvalue weighted by molar-refractivity contribution is -0.385. The van der Waals surface area contributed by atoms with E-state index in [1.54, 1.807) is 0 Å². The van der Waals surface area contributed by atoms with Crippen molar-refractivity contribution >= 4 is 17.3 Å². The molecule has 1 N–H and O–H groups in total. The molecule has 2 rings (SSSR count). The van der Waals surface area contributed by atoms with Crippen LogP contribution in [0.5, 0.6) is 11.6 Å². The standard InChI is InChI=1S/C16H13F4N3O5/c1-27-12-4-2-9(6-11(12)23(25)26)14(24)22-10-3-5-13(21-7-10)28-8-16(19,20)15(17)18/h2-7,15H,8H2,1H3,(H,22,24). The van der Waals surface area contributed by atoms with Gasteiger partial charge < -0.3 is 14.8 Å². The maximum Gasteiger partial charge on any atom is 0.340 e. The molecule has 1 aromatic carbocycles. The maximum absolute atomic E-state index is 12.8. The lowest BCUT2D eigenvalue weighted by atomic mass is 10.1. The van der Waals surface area contributed by atoms with Gasteiger partial charge in [0.2, 0.25) is 5.88 Å². The summed E-state index contributed by atoms with van der Waals surface area (Å²) in [5, 5.41) is 13.4. The van der Waals surface area contributed by atoms with E-state index in [-0.39, 0.29) is 22.9 Å². The van der Waals surface area contributed by atoms with Gasteiger partial charge in [-0.2, -0.15) is 8.78 Å². The van der Waals surface area contributed by atoms with Gasteiger partial charge in [0.25, 0.3) is 5.91 Å². The van der Waals surface area contributed by atoms with Gasteiger partial charge in [-0.15, -0.1) is 0 Å². The molecule has 0 spiro atoms. The molecule has 0 unspecified atom stereocenters. The van der Waals surface area contributed by atoms with E-state index in [1.807, 2.05) is 0 Å². The molecule has 0 saturated heterocycles. The van der Waals surface area contributed by atoms with Crippen LogP contribution in [0.1, 0.15) is 10.4 Å². The summed E-state index contributed by atoms with van der Waals surface area (Å²) in [6.45, 7) is -1.56. The van der Waals surface area contributed by atoms with Gasteiger partial charge in [0.1, 0.15) is 0 Å². The van der Waals surface area contributed by atoms with Crippen molar-refractivity contribution in [2.45, 2.75) is 12.3 Å². The summed E-state index contributed by atoms with van der Waals surface area (Å²) in [7, 11) is 1.24. The van der Waals surface area contributed by atoms with Crippen molar-refractivity contribution in [3.05, 3.63) is 52.2 Å². The molecule has 0 aliphatic heterocycles. The number of rotatable bonds is 8. The topological polar surface area (TPSA) is 104 Å². The molecule has 0 fully saturated rings. The Balaban J connectivity index is 2.05. The van der Waals surface area contributed by atoms with Crippen molar-refractivity contribution < 1.29 is 36.8 Å². The number of nitrogens with zero attached hydrogens (tertiary/aromatic N) is 2. The number of hydrogen-bond acceptors (Lipinski definition) is 6. The number of amides is 1. The molecule has 0 bridgehead atoms. The first-order valence-corrected chi connectivity index (χ1v) is 7.52. The van der Waals surface area contributed by atoms with Crippen molar-refractivity contribution in [1.82, 2.24) is 4.98 Å². The summed E-state index contributed by atoms with van der Waals surface area (Å²) in [6, 6.07) is 5.90. The summed E-state index contributed by atoms with van der Waals surface area (Å²) in [4.78, 5) is 26.1. The predicted molar refractivity (Wildman–Crippen MR) is 88.3 cm³/mol. The Bertz CT molecular complexity index is 862. The van der Waals surface area contributed by atoms with E-state index in [4.69, 9.17) is 4.74 Å². The second kappa shape index (κ2) is 8.50. The van der Waals surface area contributed by atoms with Gasteiger partial charge in [-0.25, -0.2) is 13.8 Å². The van der Waals surface area contributed by atoms with E-state index >= 15 is 0 Å². The average Bonchev–Trinajstić information content (AvgIpc) is 2.66. The van der Waals surface area contributed by atoms with Gasteiger partial charge in [-0.05, 0) is 18.2 Å². The molecule has 1 aromatic heterocycles. The number of pyridine rings is 1. The third kappa shape index (κ3) is 5.05. The molecular formula is C16H13F4N3O5. The number of nitrogens with one attached hydrogen (secondary N) is 1. The lowest BCUT2D eigenvalue weighted by Gasteiger charge is -2.15. The number of nitro groups is 1. The minimum atomic E-state index is -4.32. The van der Waals surface area contributed by atoms with E-state index in [0.717, 1.165) is 18.3 Å². The summed E-state index contributed by atoms with van der Waals surface area (Å²) >= 11 is 0. The Kier molecular flexibility index (Phi) is 6.33. The van der Waals surface area contributed by atoms with Crippen molar-refractivity contribution in [1.29, 1.82) is 0 Å². The summed E-state index contributed by atoms with van der Waals surface area (Å²) in [5.74, 6) is -5.40. The van der Waals surface area contributed by atoms with Crippen LogP contribution in [0.25, 0.3) is 0 Å². The van der Waals surface area contributed by atoms with Crippen LogP contribution in [0, 0.1) is 10.1 Å². The number of ether oxygens (including phenoxy) is 2. The van der Waals surface area contributed by atoms with Gasteiger partial charge in [0, 0.05) is 17.7 Å². The smallest absolute Gasteiger partial charge is 0.340 e. The van der Waals surface area contributed by atoms with E-state index in [0.29, 0.717) is 0 Å². The maximum atomic E-state index is 12.8. The normalized spacial score (nSPS) is 11.2. The largest absolute Gasteiger partial charge is 0.490 e. The first-order valence-electron chi connectivity index (χ1n) is 7.52. The van der Waals surface area contributed by atoms with Crippen LogP contribution in [-0.4, -0.2) is 41.9 Å². The monoisotopic (exact) mass is 403 g/mol. The number of halogens is 4. The van der Waals surface area contributed by atoms with E-state index in [1.165, 1.54) is 25.3 Å². The molecule has 1 amide bonds. The summed E-state index contributed by atoms with van der Waals surface area (Å²) < 4.78 is 59.1. The number of nitro benzene ring substituents is 1. The van der Waals surface area contributed by atoms with Crippen molar-refractivity contribution in [3.8, 4) is 11.6 Å². The van der Waals surface area contributed by atoms with Crippen molar-refractivity contribution in [2.75, 3.05) is 19.0 Å². The van der Waals surface area contributed by atoms with Gasteiger partial charge >= 0.3 is 18.0 Å². The number of carbonyl (C=O) groups is 1. The van der Waals surface area contributed by atoms with E-state index in [2.05, 4.69) is 15.0 Å². The molecule has 0 saturated carbocycles. The summed E-state index contributed by atoms with van der Waals surface area (Å²) in [5.41, 5.74) is -0.321. The quantitative estimate of drug-likeness (QED) is 0.411. The van der Waals surface area contributed by atoms with Crippen LogP contribution < -0.4 is 14.8 Å². The zero-order valence-corrected chi connectivity index (χ0v) is 14.2. The van der Waals surface area contributed by atoms with Crippen molar-refractivity contribution in [3.63, 3.8) is 0 Å². The highest BCUT2D eigenvalue weighted by molar-refractivity contribution is 6.04. The molecule has 0 aliphatic rings. The van der Waals surface area contributed by atoms with Crippen LogP contribution in [0.4, 0.5) is 28.9 Å². The number of carbonyl (C=O) groups excluding carboxylic acids is 1. The number of anilines is 1. The molecule has 2 aromatic rings. The number of benzene rings is 1. The Hall–Kier alpha value is -3.44. The predicted octanol–water partition coefficient (Wildman–Crippen LogP) is 3.53. The van der Waals surface area contributed by atoms with E-state index in [9.17, 15) is 32.5 Å². The van der Waals surface area contributed by atoms with Crippen LogP contribution >= 0.6 is 0 Å². The molecule has 8 nitrogen and oxygen atoms in total. The number of methoxy groups -OCH3 is 1. The molecule has 0 aliphatic carbocycles. The van der Waals surface area contributed by atoms with Gasteiger partial charge in [0.05, 0.1) is 23.9 Å². The van der Waals surface area contributed by atoms with Gasteiger partial charge in [-0.3, -0.25) is 14.9 Å². The fraction of sp³-hybridized carbons (Fsp3) is 0.250. The number of aromatic nitrogens is 1. The molecule has 1 heterocycles. The Morgan fingerprint density at radius 1 is 1.32 bits per heavy atom. The molecule has 12 heteroatoms. The van der Waals surface area contributed by atoms with Gasteiger partial charge in [-0.1, -0.05) is 0 Å². The first kappa shape index (κ1) is 20.9. The van der Waals surface area contributed by atoms with Crippen LogP contribution in [0.2, 0.25) is 0 Å². The molecule has 0 radical (unpaired) electrons. The SMILES string of the molecule is COc1ccc(C(=O)Nc2ccc(OCC(F)(F)C(F)F)nc2)cc1[N+](=O)[O-]. The number of alkyl halides is 4. The lowest BCUT2D eigenvalue weighted by Crippen LogP contribution is -2.33. The average molecular weight is 403 g/mol. The zero-order chi connectivity index (χ0) is 20.9. The number of hydrogen-bond donors (Lipinski definition) is 1. The highest BCUT2D eigenvalue weighted by atomic mass is 19.3. The van der Waals surface area contributed by atoms with Crippen LogP contribution in [0.3, 0.4) is 0 Å².